The largest absolute Gasteiger partial charge is 0.451 e. The van der Waals surface area contributed by atoms with E-state index in [0.717, 1.165) is 12.1 Å². The number of carbonyl (C=O) groups excluding carboxylic acids is 2. The van der Waals surface area contributed by atoms with Gasteiger partial charge in [0.15, 0.2) is 5.76 Å². The molecule has 224 valence electrons. The zero-order valence-corrected chi connectivity index (χ0v) is 22.4. The van der Waals surface area contributed by atoms with Crippen molar-refractivity contribution >= 4 is 34.2 Å². The van der Waals surface area contributed by atoms with Gasteiger partial charge in [0.2, 0.25) is 5.91 Å². The number of amides is 2. The molecule has 42 heavy (non-hydrogen) atoms. The predicted octanol–water partition coefficient (Wildman–Crippen LogP) is 5.22. The Morgan fingerprint density at radius 2 is 1.69 bits per heavy atom. The van der Waals surface area contributed by atoms with Gasteiger partial charge in [-0.2, -0.15) is 13.2 Å². The molecule has 3 aromatic rings. The molecule has 5 rings (SSSR count). The zero-order valence-electron chi connectivity index (χ0n) is 22.4. The molecule has 2 amide bonds. The summed E-state index contributed by atoms with van der Waals surface area (Å²) in [6, 6.07) is 8.25. The van der Waals surface area contributed by atoms with Crippen molar-refractivity contribution in [2.24, 2.45) is 0 Å². The smallest absolute Gasteiger partial charge is 0.423 e. The summed E-state index contributed by atoms with van der Waals surface area (Å²) in [6.45, 7) is 1.16. The van der Waals surface area contributed by atoms with Crippen molar-refractivity contribution in [1.82, 2.24) is 9.80 Å². The van der Waals surface area contributed by atoms with Gasteiger partial charge in [-0.1, -0.05) is 0 Å². The van der Waals surface area contributed by atoms with E-state index in [9.17, 15) is 37.3 Å². The molecular weight excluding hydrogens is 564 g/mol. The van der Waals surface area contributed by atoms with Gasteiger partial charge in [-0.25, -0.2) is 4.39 Å². The van der Waals surface area contributed by atoms with E-state index >= 15 is 0 Å². The van der Waals surface area contributed by atoms with Crippen LogP contribution in [0.25, 0.3) is 11.0 Å². The van der Waals surface area contributed by atoms with Gasteiger partial charge >= 0.3 is 6.18 Å². The van der Waals surface area contributed by atoms with Crippen LogP contribution in [0.2, 0.25) is 0 Å². The number of rotatable bonds is 7. The normalized spacial score (nSPS) is 19.6. The van der Waals surface area contributed by atoms with Crippen LogP contribution >= 0.6 is 0 Å². The van der Waals surface area contributed by atoms with Gasteiger partial charge < -0.3 is 24.3 Å². The van der Waals surface area contributed by atoms with Crippen LogP contribution in [0, 0.1) is 15.9 Å². The Labute approximate surface area is 237 Å². The van der Waals surface area contributed by atoms with Crippen LogP contribution < -0.4 is 5.32 Å². The molecule has 0 atom stereocenters. The Balaban J connectivity index is 1.05. The van der Waals surface area contributed by atoms with Crippen molar-refractivity contribution in [2.45, 2.75) is 44.0 Å². The molecule has 2 fully saturated rings. The summed E-state index contributed by atoms with van der Waals surface area (Å²) in [5.74, 6) is -0.847. The van der Waals surface area contributed by atoms with Crippen molar-refractivity contribution in [1.29, 1.82) is 0 Å². The van der Waals surface area contributed by atoms with Crippen LogP contribution in [0.4, 0.5) is 28.9 Å². The van der Waals surface area contributed by atoms with Crippen LogP contribution in [0.1, 0.15) is 41.8 Å². The van der Waals surface area contributed by atoms with Gasteiger partial charge in [-0.05, 0) is 62.1 Å². The van der Waals surface area contributed by atoms with Gasteiger partial charge in [0.1, 0.15) is 23.6 Å². The van der Waals surface area contributed by atoms with Crippen LogP contribution in [-0.2, 0) is 15.7 Å². The fourth-order valence-corrected chi connectivity index (χ4v) is 5.34. The number of alkyl halides is 3. The lowest BCUT2D eigenvalue weighted by atomic mass is 9.92. The number of nitro benzene ring substituents is 1. The minimum atomic E-state index is -4.85. The van der Waals surface area contributed by atoms with Gasteiger partial charge in [0.25, 0.3) is 11.6 Å². The first-order chi connectivity index (χ1) is 20.0. The number of nitro groups is 1. The van der Waals surface area contributed by atoms with E-state index in [4.69, 9.17) is 9.15 Å². The molecule has 1 aliphatic heterocycles. The average Bonchev–Trinajstić information content (AvgIpc) is 3.39. The van der Waals surface area contributed by atoms with E-state index < -0.39 is 28.2 Å². The minimum absolute atomic E-state index is 0.109. The number of piperazine rings is 1. The average molecular weight is 593 g/mol. The summed E-state index contributed by atoms with van der Waals surface area (Å²) in [6.07, 6.45) is -2.67. The van der Waals surface area contributed by atoms with E-state index in [2.05, 4.69) is 5.32 Å². The van der Waals surface area contributed by atoms with Crippen LogP contribution in [0.15, 0.2) is 46.9 Å². The third-order valence-electron chi connectivity index (χ3n) is 7.59. The first-order valence-corrected chi connectivity index (χ1v) is 13.5. The first-order valence-electron chi connectivity index (χ1n) is 13.5. The molecule has 1 N–H and O–H groups in total. The van der Waals surface area contributed by atoms with Gasteiger partial charge in [-0.3, -0.25) is 19.7 Å². The molecule has 2 heterocycles. The molecule has 0 spiro atoms. The van der Waals surface area contributed by atoms with Crippen molar-refractivity contribution in [3.05, 3.63) is 69.7 Å². The summed E-state index contributed by atoms with van der Waals surface area (Å²) in [5, 5.41) is 14.5. The molecule has 1 aliphatic carbocycles. The number of nitrogens with one attached hydrogen (secondary N) is 1. The van der Waals surface area contributed by atoms with E-state index in [0.29, 0.717) is 62.8 Å². The van der Waals surface area contributed by atoms with Gasteiger partial charge in [0.05, 0.1) is 11.0 Å². The topological polar surface area (TPSA) is 118 Å². The highest BCUT2D eigenvalue weighted by atomic mass is 19.4. The molecule has 1 saturated heterocycles. The summed E-state index contributed by atoms with van der Waals surface area (Å²) >= 11 is 0. The molecule has 0 bridgehead atoms. The Kier molecular flexibility index (Phi) is 8.34. The standard InChI is InChI=1S/C28H28F4N4O6/c29-18-1-8-24-17(13-18)14-25(42-24)27(38)35-11-9-34(10-12-35)26(37)16-41-21-5-2-19(3-6-21)33-20-4-7-23(36(39)40)22(15-20)28(30,31)32/h1,4,7-8,13-15,19,21,33H,2-3,5-6,9-12,16H2/t19-,21-. The molecule has 1 saturated carbocycles. The maximum Gasteiger partial charge on any atom is 0.423 e. The Morgan fingerprint density at radius 1 is 1.00 bits per heavy atom. The third-order valence-corrected chi connectivity index (χ3v) is 7.59. The van der Waals surface area contributed by atoms with E-state index in [-0.39, 0.29) is 42.0 Å². The number of hydrogen-bond acceptors (Lipinski definition) is 7. The second-order valence-electron chi connectivity index (χ2n) is 10.4. The first kappa shape index (κ1) is 29.3. The lowest BCUT2D eigenvalue weighted by Gasteiger charge is -2.35. The highest BCUT2D eigenvalue weighted by Crippen LogP contribution is 2.38. The SMILES string of the molecule is O=C(CO[C@H]1CC[C@H](Nc2ccc([N+](=O)[O-])c(C(F)(F)F)c2)CC1)N1CCN(C(=O)c2cc3cc(F)ccc3o2)CC1. The van der Waals surface area contributed by atoms with Crippen molar-refractivity contribution in [2.75, 3.05) is 38.1 Å². The summed E-state index contributed by atoms with van der Waals surface area (Å²) < 4.78 is 64.6. The molecule has 0 unspecified atom stereocenters. The molecule has 0 radical (unpaired) electrons. The molecule has 2 aromatic carbocycles. The predicted molar refractivity (Wildman–Crippen MR) is 142 cm³/mol. The number of anilines is 1. The van der Waals surface area contributed by atoms with E-state index in [1.54, 1.807) is 9.80 Å². The second-order valence-corrected chi connectivity index (χ2v) is 10.4. The molecular formula is C28H28F4N4O6. The number of furan rings is 1. The minimum Gasteiger partial charge on any atom is -0.451 e. The zero-order chi connectivity index (χ0) is 30.0. The molecule has 10 nitrogen and oxygen atoms in total. The number of fused-ring (bicyclic) bond motifs is 1. The second kappa shape index (κ2) is 12.0. The number of ether oxygens (including phenoxy) is 1. The van der Waals surface area contributed by atoms with Crippen LogP contribution in [0.3, 0.4) is 0 Å². The fourth-order valence-electron chi connectivity index (χ4n) is 5.34. The summed E-state index contributed by atoms with van der Waals surface area (Å²) in [4.78, 5) is 38.7. The highest BCUT2D eigenvalue weighted by molar-refractivity contribution is 5.96. The Morgan fingerprint density at radius 3 is 2.36 bits per heavy atom. The number of carbonyl (C=O) groups is 2. The number of halogens is 4. The van der Waals surface area contributed by atoms with E-state index in [1.807, 2.05) is 0 Å². The van der Waals surface area contributed by atoms with Crippen LogP contribution in [-0.4, -0.2) is 71.5 Å². The Bertz CT molecular complexity index is 1480. The number of benzene rings is 2. The monoisotopic (exact) mass is 592 g/mol. The molecule has 1 aromatic heterocycles. The molecule has 2 aliphatic rings. The van der Waals surface area contributed by atoms with Crippen molar-refractivity contribution in [3.8, 4) is 0 Å². The number of nitrogens with zero attached hydrogens (tertiary/aromatic N) is 3. The van der Waals surface area contributed by atoms with Crippen molar-refractivity contribution in [3.63, 3.8) is 0 Å². The lowest BCUT2D eigenvalue weighted by molar-refractivity contribution is -0.388. The highest BCUT2D eigenvalue weighted by Gasteiger charge is 2.38. The van der Waals surface area contributed by atoms with Gasteiger partial charge in [0, 0.05) is 49.4 Å². The van der Waals surface area contributed by atoms with Gasteiger partial charge in [-0.15, -0.1) is 0 Å². The lowest BCUT2D eigenvalue weighted by Crippen LogP contribution is -2.51. The quantitative estimate of drug-likeness (QED) is 0.227. The van der Waals surface area contributed by atoms with E-state index in [1.165, 1.54) is 30.3 Å². The number of hydrogen-bond donors (Lipinski definition) is 1. The fraction of sp³-hybridized carbons (Fsp3) is 0.429. The maximum atomic E-state index is 13.4. The third kappa shape index (κ3) is 6.64. The van der Waals surface area contributed by atoms with Crippen LogP contribution in [0.5, 0.6) is 0 Å². The Hall–Kier alpha value is -4.20. The maximum absolute atomic E-state index is 13.4. The summed E-state index contributed by atoms with van der Waals surface area (Å²) in [7, 11) is 0. The summed E-state index contributed by atoms with van der Waals surface area (Å²) in [5.41, 5.74) is -1.73. The molecule has 14 heteroatoms. The van der Waals surface area contributed by atoms with Crippen molar-refractivity contribution < 1.29 is 41.2 Å².